The maximum atomic E-state index is 11.9. The van der Waals surface area contributed by atoms with Gasteiger partial charge in [-0.25, -0.2) is 4.68 Å². The zero-order valence-corrected chi connectivity index (χ0v) is 10.6. The fraction of sp³-hybridized carbons (Fsp3) is 0.875. The van der Waals surface area contributed by atoms with Gasteiger partial charge in [0.15, 0.2) is 5.82 Å². The van der Waals surface area contributed by atoms with E-state index in [1.165, 1.54) is 4.68 Å². The van der Waals surface area contributed by atoms with Crippen LogP contribution in [0.4, 0.5) is 13.2 Å². The molecule has 0 aliphatic heterocycles. The van der Waals surface area contributed by atoms with Crippen LogP contribution in [0, 0.1) is 0 Å². The van der Waals surface area contributed by atoms with E-state index in [-0.39, 0.29) is 24.1 Å². The van der Waals surface area contributed by atoms with Crippen LogP contribution < -0.4 is 5.32 Å². The molecule has 10 heteroatoms. The van der Waals surface area contributed by atoms with Crippen LogP contribution >= 0.6 is 11.8 Å². The number of methoxy groups -OCH3 is 1. The number of thioether (sulfide) groups is 1. The third kappa shape index (κ3) is 6.17. The molecule has 0 unspecified atom stereocenters. The first-order valence-electron chi connectivity index (χ1n) is 5.18. The van der Waals surface area contributed by atoms with E-state index in [4.69, 9.17) is 4.74 Å². The quantitative estimate of drug-likeness (QED) is 0.708. The molecule has 0 saturated carbocycles. The Labute approximate surface area is 106 Å². The summed E-state index contributed by atoms with van der Waals surface area (Å²) in [5.74, 6) is 0.397. The van der Waals surface area contributed by atoms with Gasteiger partial charge in [-0.3, -0.25) is 0 Å². The number of hydrogen-bond acceptors (Lipinski definition) is 6. The minimum atomic E-state index is -4.22. The molecule has 0 bridgehead atoms. The van der Waals surface area contributed by atoms with Gasteiger partial charge in [-0.15, -0.1) is 5.10 Å². The number of alkyl halides is 3. The van der Waals surface area contributed by atoms with Crippen molar-refractivity contribution in [3.63, 3.8) is 0 Å². The van der Waals surface area contributed by atoms with E-state index in [9.17, 15) is 13.2 Å². The first-order chi connectivity index (χ1) is 8.53. The molecule has 1 heterocycles. The van der Waals surface area contributed by atoms with Crippen LogP contribution in [0.1, 0.15) is 5.82 Å². The Morgan fingerprint density at radius 2 is 2.22 bits per heavy atom. The van der Waals surface area contributed by atoms with Crippen LogP contribution in [-0.4, -0.2) is 51.7 Å². The highest BCUT2D eigenvalue weighted by molar-refractivity contribution is 8.00. The number of halogens is 3. The van der Waals surface area contributed by atoms with Crippen LogP contribution in [-0.2, 0) is 17.8 Å². The fourth-order valence-corrected chi connectivity index (χ4v) is 1.64. The molecule has 0 aliphatic carbocycles. The molecule has 104 valence electrons. The molecule has 18 heavy (non-hydrogen) atoms. The lowest BCUT2D eigenvalue weighted by atomic mass is 10.5. The number of aryl methyl sites for hydroxylation is 1. The first-order valence-corrected chi connectivity index (χ1v) is 6.17. The summed E-state index contributed by atoms with van der Waals surface area (Å²) in [5.41, 5.74) is -4.22. The molecule has 0 spiro atoms. The molecule has 0 aromatic carbocycles. The molecule has 0 atom stereocenters. The number of nitrogens with zero attached hydrogens (tertiary/aromatic N) is 4. The summed E-state index contributed by atoms with van der Waals surface area (Å²) in [4.78, 5) is 0. The van der Waals surface area contributed by atoms with Gasteiger partial charge in [-0.2, -0.15) is 13.2 Å². The molecule has 0 saturated heterocycles. The maximum Gasteiger partial charge on any atom is 0.441 e. The molecule has 0 amide bonds. The van der Waals surface area contributed by atoms with Crippen molar-refractivity contribution in [1.82, 2.24) is 25.5 Å². The lowest BCUT2D eigenvalue weighted by Gasteiger charge is -2.07. The number of ether oxygens (including phenoxy) is 1. The molecular weight excluding hydrogens is 271 g/mol. The van der Waals surface area contributed by atoms with E-state index in [2.05, 4.69) is 20.8 Å². The second-order valence-corrected chi connectivity index (χ2v) is 4.44. The second-order valence-electron chi connectivity index (χ2n) is 3.28. The van der Waals surface area contributed by atoms with Crippen molar-refractivity contribution < 1.29 is 17.9 Å². The molecule has 0 fully saturated rings. The summed E-state index contributed by atoms with van der Waals surface area (Å²) < 4.78 is 42.0. The predicted octanol–water partition coefficient (Wildman–Crippen LogP) is 0.662. The summed E-state index contributed by atoms with van der Waals surface area (Å²) in [6.07, 6.45) is 0. The highest BCUT2D eigenvalue weighted by atomic mass is 32.2. The maximum absolute atomic E-state index is 11.9. The number of aromatic nitrogens is 4. The van der Waals surface area contributed by atoms with Gasteiger partial charge in [0.1, 0.15) is 0 Å². The second kappa shape index (κ2) is 7.54. The summed E-state index contributed by atoms with van der Waals surface area (Å²) in [5, 5.41) is 13.8. The van der Waals surface area contributed by atoms with Gasteiger partial charge in [-0.05, 0) is 22.2 Å². The normalized spacial score (nSPS) is 12.0. The Kier molecular flexibility index (Phi) is 6.36. The Bertz CT molecular complexity index is 346. The number of rotatable bonds is 8. The zero-order chi connectivity index (χ0) is 13.4. The summed E-state index contributed by atoms with van der Waals surface area (Å²) >= 11 is -0.0843. The molecule has 1 aromatic rings. The van der Waals surface area contributed by atoms with E-state index < -0.39 is 5.51 Å². The van der Waals surface area contributed by atoms with Crippen LogP contribution in [0.25, 0.3) is 0 Å². The van der Waals surface area contributed by atoms with Gasteiger partial charge in [-0.1, -0.05) is 0 Å². The lowest BCUT2D eigenvalue weighted by Crippen LogP contribution is -2.22. The van der Waals surface area contributed by atoms with E-state index in [0.29, 0.717) is 25.5 Å². The van der Waals surface area contributed by atoms with Crippen LogP contribution in [0.5, 0.6) is 0 Å². The van der Waals surface area contributed by atoms with E-state index >= 15 is 0 Å². The number of tetrazole rings is 1. The average Bonchev–Trinajstić information content (AvgIpc) is 2.71. The average molecular weight is 285 g/mol. The van der Waals surface area contributed by atoms with Crippen LogP contribution in [0.3, 0.4) is 0 Å². The molecule has 0 aliphatic rings. The monoisotopic (exact) mass is 285 g/mol. The molecular formula is C8H14F3N5OS. The Balaban J connectivity index is 2.31. The topological polar surface area (TPSA) is 64.9 Å². The minimum Gasteiger partial charge on any atom is -0.383 e. The summed E-state index contributed by atoms with van der Waals surface area (Å²) in [7, 11) is 1.58. The van der Waals surface area contributed by atoms with Gasteiger partial charge in [0.25, 0.3) is 0 Å². The molecule has 1 rings (SSSR count). The van der Waals surface area contributed by atoms with Crippen molar-refractivity contribution in [2.45, 2.75) is 18.6 Å². The Morgan fingerprint density at radius 1 is 1.44 bits per heavy atom. The lowest BCUT2D eigenvalue weighted by molar-refractivity contribution is -0.0328. The Morgan fingerprint density at radius 3 is 2.89 bits per heavy atom. The third-order valence-electron chi connectivity index (χ3n) is 1.94. The van der Waals surface area contributed by atoms with Gasteiger partial charge in [0.2, 0.25) is 0 Å². The summed E-state index contributed by atoms with van der Waals surface area (Å²) in [6.45, 7) is 1.69. The standard InChI is InChI=1S/C8H14F3N5OS/c1-17-4-2-12-6-7-13-14-15-16(7)3-5-18-8(9,10)11/h12H,2-6H2,1H3. The van der Waals surface area contributed by atoms with Crippen LogP contribution in [0.2, 0.25) is 0 Å². The Hall–Kier alpha value is -0.870. The van der Waals surface area contributed by atoms with Gasteiger partial charge in [0, 0.05) is 19.4 Å². The smallest absolute Gasteiger partial charge is 0.383 e. The zero-order valence-electron chi connectivity index (χ0n) is 9.77. The van der Waals surface area contributed by atoms with E-state index in [0.717, 1.165) is 0 Å². The third-order valence-corrected chi connectivity index (χ3v) is 2.65. The minimum absolute atomic E-state index is 0.0843. The fourth-order valence-electron chi connectivity index (χ4n) is 1.15. The molecule has 0 radical (unpaired) electrons. The summed E-state index contributed by atoms with van der Waals surface area (Å²) in [6, 6.07) is 0. The van der Waals surface area contributed by atoms with E-state index in [1.807, 2.05) is 0 Å². The van der Waals surface area contributed by atoms with Crippen LogP contribution in [0.15, 0.2) is 0 Å². The van der Waals surface area contributed by atoms with Gasteiger partial charge < -0.3 is 10.1 Å². The molecule has 1 aromatic heterocycles. The van der Waals surface area contributed by atoms with Crippen molar-refractivity contribution >= 4 is 11.8 Å². The number of hydrogen-bond donors (Lipinski definition) is 1. The highest BCUT2D eigenvalue weighted by Gasteiger charge is 2.27. The van der Waals surface area contributed by atoms with Crippen molar-refractivity contribution in [1.29, 1.82) is 0 Å². The SMILES string of the molecule is COCCNCc1nnnn1CCSC(F)(F)F. The van der Waals surface area contributed by atoms with Crippen molar-refractivity contribution in [3.05, 3.63) is 5.82 Å². The van der Waals surface area contributed by atoms with Crippen molar-refractivity contribution in [2.24, 2.45) is 0 Å². The predicted molar refractivity (Wildman–Crippen MR) is 59.9 cm³/mol. The van der Waals surface area contributed by atoms with Gasteiger partial charge >= 0.3 is 5.51 Å². The van der Waals surface area contributed by atoms with Crippen molar-refractivity contribution in [3.8, 4) is 0 Å². The highest BCUT2D eigenvalue weighted by Crippen LogP contribution is 2.29. The largest absolute Gasteiger partial charge is 0.441 e. The number of nitrogens with one attached hydrogen (secondary N) is 1. The van der Waals surface area contributed by atoms with Crippen molar-refractivity contribution in [2.75, 3.05) is 26.0 Å². The van der Waals surface area contributed by atoms with Gasteiger partial charge in [0.05, 0.1) is 19.7 Å². The molecule has 1 N–H and O–H groups in total. The first kappa shape index (κ1) is 15.2. The van der Waals surface area contributed by atoms with E-state index in [1.54, 1.807) is 7.11 Å². The molecule has 6 nitrogen and oxygen atoms in total.